The Labute approximate surface area is 113 Å². The molecule has 0 saturated heterocycles. The van der Waals surface area contributed by atoms with E-state index >= 15 is 0 Å². The minimum atomic E-state index is 0.489. The fourth-order valence-electron chi connectivity index (χ4n) is 1.82. The van der Waals surface area contributed by atoms with Gasteiger partial charge in [-0.1, -0.05) is 23.2 Å². The summed E-state index contributed by atoms with van der Waals surface area (Å²) in [6, 6.07) is 7.78. The number of nitrogens with zero attached hydrogens (tertiary/aromatic N) is 2. The number of benzene rings is 1. The zero-order chi connectivity index (χ0) is 12.7. The van der Waals surface area contributed by atoms with Crippen molar-refractivity contribution in [3.63, 3.8) is 0 Å². The Bertz CT molecular complexity index is 736. The van der Waals surface area contributed by atoms with E-state index in [0.29, 0.717) is 16.7 Å². The van der Waals surface area contributed by atoms with Crippen LogP contribution >= 0.6 is 22.9 Å². The van der Waals surface area contributed by atoms with Gasteiger partial charge in [0.25, 0.3) is 0 Å². The second-order valence-corrected chi connectivity index (χ2v) is 5.37. The molecule has 0 amide bonds. The molecular weight excluding hydrogens is 266 g/mol. The summed E-state index contributed by atoms with van der Waals surface area (Å²) in [4.78, 5) is 9.71. The fourth-order valence-corrected chi connectivity index (χ4v) is 2.89. The maximum atomic E-state index is 6.09. The third kappa shape index (κ3) is 1.83. The minimum absolute atomic E-state index is 0.489. The quantitative estimate of drug-likeness (QED) is 0.733. The predicted molar refractivity (Wildman–Crippen MR) is 77.0 cm³/mol. The van der Waals surface area contributed by atoms with Gasteiger partial charge >= 0.3 is 0 Å². The van der Waals surface area contributed by atoms with E-state index in [1.165, 1.54) is 11.3 Å². The number of aryl methyl sites for hydroxylation is 1. The van der Waals surface area contributed by atoms with Crippen LogP contribution in [0.4, 0.5) is 5.82 Å². The van der Waals surface area contributed by atoms with Gasteiger partial charge in [-0.3, -0.25) is 0 Å². The first-order valence-corrected chi connectivity index (χ1v) is 6.68. The van der Waals surface area contributed by atoms with Crippen molar-refractivity contribution >= 4 is 39.7 Å². The van der Waals surface area contributed by atoms with E-state index in [-0.39, 0.29) is 0 Å². The van der Waals surface area contributed by atoms with Crippen molar-refractivity contribution in [3.8, 4) is 10.7 Å². The molecule has 0 fully saturated rings. The lowest BCUT2D eigenvalue weighted by molar-refractivity contribution is 1.24. The lowest BCUT2D eigenvalue weighted by atomic mass is 10.1. The number of nitrogen functional groups attached to an aromatic ring is 1. The van der Waals surface area contributed by atoms with Gasteiger partial charge in [-0.25, -0.2) is 9.97 Å². The van der Waals surface area contributed by atoms with Crippen LogP contribution in [0, 0.1) is 6.92 Å². The number of halogens is 1. The third-order valence-electron chi connectivity index (χ3n) is 2.70. The Morgan fingerprint density at radius 1 is 1.22 bits per heavy atom. The van der Waals surface area contributed by atoms with Crippen molar-refractivity contribution in [2.75, 3.05) is 5.73 Å². The molecule has 2 heterocycles. The molecule has 2 N–H and O–H groups in total. The number of fused-ring (bicyclic) bond motifs is 1. The number of hydrogen-bond acceptors (Lipinski definition) is 4. The van der Waals surface area contributed by atoms with Crippen LogP contribution in [0.1, 0.15) is 5.56 Å². The van der Waals surface area contributed by atoms with Crippen LogP contribution in [-0.2, 0) is 0 Å². The molecule has 5 heteroatoms. The van der Waals surface area contributed by atoms with Crippen LogP contribution in [0.2, 0.25) is 5.02 Å². The van der Waals surface area contributed by atoms with Gasteiger partial charge in [0.05, 0.1) is 15.4 Å². The van der Waals surface area contributed by atoms with Gasteiger partial charge in [0.2, 0.25) is 0 Å². The van der Waals surface area contributed by atoms with E-state index in [9.17, 15) is 0 Å². The number of aromatic nitrogens is 2. The summed E-state index contributed by atoms with van der Waals surface area (Å²) in [6.45, 7) is 2.02. The Morgan fingerprint density at radius 2 is 2.06 bits per heavy atom. The molecule has 2 aromatic heterocycles. The van der Waals surface area contributed by atoms with Gasteiger partial charge in [0, 0.05) is 5.39 Å². The maximum Gasteiger partial charge on any atom is 0.173 e. The summed E-state index contributed by atoms with van der Waals surface area (Å²) in [5.41, 5.74) is 7.97. The molecule has 18 heavy (non-hydrogen) atoms. The zero-order valence-corrected chi connectivity index (χ0v) is 11.2. The average molecular weight is 276 g/mol. The highest BCUT2D eigenvalue weighted by molar-refractivity contribution is 7.14. The molecule has 3 aromatic rings. The van der Waals surface area contributed by atoms with Crippen molar-refractivity contribution in [3.05, 3.63) is 40.2 Å². The summed E-state index contributed by atoms with van der Waals surface area (Å²) < 4.78 is 0. The van der Waals surface area contributed by atoms with Gasteiger partial charge in [-0.2, -0.15) is 0 Å². The Kier molecular flexibility index (Phi) is 2.69. The predicted octanol–water partition coefficient (Wildman–Crippen LogP) is 3.90. The van der Waals surface area contributed by atoms with Crippen LogP contribution < -0.4 is 5.73 Å². The molecule has 0 saturated carbocycles. The van der Waals surface area contributed by atoms with Crippen molar-refractivity contribution in [2.24, 2.45) is 0 Å². The molecule has 3 rings (SSSR count). The van der Waals surface area contributed by atoms with Crippen LogP contribution in [0.15, 0.2) is 29.6 Å². The molecule has 0 unspecified atom stereocenters. The Hall–Kier alpha value is -1.65. The molecule has 3 nitrogen and oxygen atoms in total. The highest BCUT2D eigenvalue weighted by Crippen LogP contribution is 2.32. The largest absolute Gasteiger partial charge is 0.383 e. The summed E-state index contributed by atoms with van der Waals surface area (Å²) in [5, 5.41) is 3.45. The molecule has 1 aromatic carbocycles. The lowest BCUT2D eigenvalue weighted by Gasteiger charge is -2.05. The van der Waals surface area contributed by atoms with Crippen molar-refractivity contribution in [2.45, 2.75) is 6.92 Å². The second kappa shape index (κ2) is 4.23. The van der Waals surface area contributed by atoms with E-state index in [1.807, 2.05) is 36.6 Å². The summed E-state index contributed by atoms with van der Waals surface area (Å²) in [7, 11) is 0. The average Bonchev–Trinajstić information content (AvgIpc) is 2.76. The minimum Gasteiger partial charge on any atom is -0.383 e. The van der Waals surface area contributed by atoms with E-state index in [4.69, 9.17) is 17.3 Å². The van der Waals surface area contributed by atoms with Crippen LogP contribution in [0.25, 0.3) is 21.6 Å². The smallest absolute Gasteiger partial charge is 0.173 e. The molecule has 0 atom stereocenters. The van der Waals surface area contributed by atoms with Crippen LogP contribution in [-0.4, -0.2) is 9.97 Å². The SMILES string of the molecule is Cc1ccc2nc(-c3sccc3Cl)nc(N)c2c1. The van der Waals surface area contributed by atoms with Crippen molar-refractivity contribution in [1.29, 1.82) is 0 Å². The maximum absolute atomic E-state index is 6.09. The number of nitrogens with two attached hydrogens (primary N) is 1. The first-order chi connectivity index (χ1) is 8.65. The van der Waals surface area contributed by atoms with Gasteiger partial charge < -0.3 is 5.73 Å². The molecule has 0 aliphatic heterocycles. The summed E-state index contributed by atoms with van der Waals surface area (Å²) >= 11 is 7.60. The van der Waals surface area contributed by atoms with Crippen LogP contribution in [0.5, 0.6) is 0 Å². The van der Waals surface area contributed by atoms with E-state index in [2.05, 4.69) is 9.97 Å². The normalized spacial score (nSPS) is 11.0. The first kappa shape index (κ1) is 11.4. The number of anilines is 1. The Balaban J connectivity index is 2.28. The zero-order valence-electron chi connectivity index (χ0n) is 9.64. The molecule has 0 spiro atoms. The van der Waals surface area contributed by atoms with Crippen molar-refractivity contribution in [1.82, 2.24) is 9.97 Å². The second-order valence-electron chi connectivity index (χ2n) is 4.05. The highest BCUT2D eigenvalue weighted by atomic mass is 35.5. The summed E-state index contributed by atoms with van der Waals surface area (Å²) in [5.74, 6) is 1.08. The fraction of sp³-hybridized carbons (Fsp3) is 0.0769. The standard InChI is InChI=1S/C13H10ClN3S/c1-7-2-3-10-8(6-7)12(15)17-13(16-10)11-9(14)4-5-18-11/h2-6H,1H3,(H2,15,16,17). The molecule has 0 aliphatic carbocycles. The molecule has 0 aliphatic rings. The van der Waals surface area contributed by atoms with Gasteiger partial charge in [0.15, 0.2) is 5.82 Å². The van der Waals surface area contributed by atoms with E-state index in [0.717, 1.165) is 21.3 Å². The molecular formula is C13H10ClN3S. The van der Waals surface area contributed by atoms with Crippen molar-refractivity contribution < 1.29 is 0 Å². The van der Waals surface area contributed by atoms with Gasteiger partial charge in [0.1, 0.15) is 5.82 Å². The van der Waals surface area contributed by atoms with Gasteiger partial charge in [-0.15, -0.1) is 11.3 Å². The van der Waals surface area contributed by atoms with E-state index in [1.54, 1.807) is 0 Å². The lowest BCUT2D eigenvalue weighted by Crippen LogP contribution is -1.97. The highest BCUT2D eigenvalue weighted by Gasteiger charge is 2.11. The van der Waals surface area contributed by atoms with Crippen LogP contribution in [0.3, 0.4) is 0 Å². The summed E-state index contributed by atoms with van der Waals surface area (Å²) in [6.07, 6.45) is 0. The third-order valence-corrected chi connectivity index (χ3v) is 4.04. The number of rotatable bonds is 1. The molecule has 90 valence electrons. The topological polar surface area (TPSA) is 51.8 Å². The number of hydrogen-bond donors (Lipinski definition) is 1. The van der Waals surface area contributed by atoms with Gasteiger partial charge in [-0.05, 0) is 30.5 Å². The first-order valence-electron chi connectivity index (χ1n) is 5.42. The number of thiophene rings is 1. The molecule has 0 bridgehead atoms. The monoisotopic (exact) mass is 275 g/mol. The molecule has 0 radical (unpaired) electrons. The van der Waals surface area contributed by atoms with E-state index < -0.39 is 0 Å². The Morgan fingerprint density at radius 3 is 2.78 bits per heavy atom.